The van der Waals surface area contributed by atoms with Gasteiger partial charge < -0.3 is 9.67 Å². The summed E-state index contributed by atoms with van der Waals surface area (Å²) in [5, 5.41) is 9.75. The second-order valence-corrected chi connectivity index (χ2v) is 7.77. The van der Waals surface area contributed by atoms with E-state index in [-0.39, 0.29) is 30.4 Å². The second-order valence-electron chi connectivity index (χ2n) is 7.77. The molecule has 0 spiro atoms. The van der Waals surface area contributed by atoms with Crippen molar-refractivity contribution in [1.82, 2.24) is 23.7 Å². The number of rotatable bonds is 7. The van der Waals surface area contributed by atoms with Gasteiger partial charge in [0.1, 0.15) is 5.82 Å². The van der Waals surface area contributed by atoms with Gasteiger partial charge in [0.2, 0.25) is 0 Å². The van der Waals surface area contributed by atoms with Crippen LogP contribution in [0.3, 0.4) is 0 Å². The third kappa shape index (κ3) is 3.13. The number of imidazole rings is 1. The lowest BCUT2D eigenvalue weighted by Gasteiger charge is -2.16. The molecule has 0 atom stereocenters. The van der Waals surface area contributed by atoms with Crippen LogP contribution in [0.25, 0.3) is 21.9 Å². The molecule has 0 unspecified atom stereocenters. The summed E-state index contributed by atoms with van der Waals surface area (Å²) in [6.45, 7) is 0.915. The molecule has 154 valence electrons. The SMILES string of the molecule is O=c1nc(Cn2c(=O)n(C3CC3)c3ccncc32)n(CCCCO)c2ccccc12. The molecule has 1 aromatic carbocycles. The second kappa shape index (κ2) is 7.53. The topological polar surface area (TPSA) is 94.9 Å². The van der Waals surface area contributed by atoms with E-state index in [1.54, 1.807) is 23.0 Å². The van der Waals surface area contributed by atoms with Crippen molar-refractivity contribution in [3.63, 3.8) is 0 Å². The van der Waals surface area contributed by atoms with E-state index in [9.17, 15) is 14.7 Å². The van der Waals surface area contributed by atoms with E-state index < -0.39 is 0 Å². The first kappa shape index (κ1) is 18.7. The Balaban J connectivity index is 1.67. The Kier molecular flexibility index (Phi) is 4.71. The average Bonchev–Trinajstić information content (AvgIpc) is 3.56. The minimum Gasteiger partial charge on any atom is -0.396 e. The molecular formula is C22H23N5O3. The minimum atomic E-state index is -0.295. The zero-order chi connectivity index (χ0) is 20.7. The van der Waals surface area contributed by atoms with Gasteiger partial charge in [0.25, 0.3) is 5.56 Å². The van der Waals surface area contributed by atoms with Crippen LogP contribution in [0, 0.1) is 0 Å². The van der Waals surface area contributed by atoms with Crippen molar-refractivity contribution in [2.75, 3.05) is 6.61 Å². The maximum Gasteiger partial charge on any atom is 0.329 e. The summed E-state index contributed by atoms with van der Waals surface area (Å²) >= 11 is 0. The number of aromatic nitrogens is 5. The number of aliphatic hydroxyl groups excluding tert-OH is 1. The highest BCUT2D eigenvalue weighted by Gasteiger charge is 2.29. The molecule has 0 bridgehead atoms. The summed E-state index contributed by atoms with van der Waals surface area (Å²) < 4.78 is 5.50. The third-order valence-electron chi connectivity index (χ3n) is 5.73. The number of pyridine rings is 1. The van der Waals surface area contributed by atoms with Gasteiger partial charge in [0.15, 0.2) is 0 Å². The molecule has 8 heteroatoms. The van der Waals surface area contributed by atoms with E-state index in [0.717, 1.165) is 35.8 Å². The average molecular weight is 405 g/mol. The van der Waals surface area contributed by atoms with Gasteiger partial charge in [-0.2, -0.15) is 4.98 Å². The fourth-order valence-corrected chi connectivity index (χ4v) is 4.13. The van der Waals surface area contributed by atoms with Gasteiger partial charge in [0.05, 0.1) is 34.7 Å². The van der Waals surface area contributed by atoms with Crippen LogP contribution in [0.5, 0.6) is 0 Å². The van der Waals surface area contributed by atoms with Crippen LogP contribution in [-0.4, -0.2) is 35.4 Å². The van der Waals surface area contributed by atoms with Crippen molar-refractivity contribution < 1.29 is 5.11 Å². The highest BCUT2D eigenvalue weighted by molar-refractivity contribution is 5.78. The molecule has 1 fully saturated rings. The summed E-state index contributed by atoms with van der Waals surface area (Å²) in [5.74, 6) is 0.539. The quantitative estimate of drug-likeness (QED) is 0.475. The number of unbranched alkanes of at least 4 members (excludes halogenated alkanes) is 1. The lowest BCUT2D eigenvalue weighted by molar-refractivity contribution is 0.281. The molecule has 1 aliphatic carbocycles. The summed E-state index contributed by atoms with van der Waals surface area (Å²) in [6.07, 6.45) is 6.81. The van der Waals surface area contributed by atoms with Crippen LogP contribution >= 0.6 is 0 Å². The van der Waals surface area contributed by atoms with E-state index in [1.807, 2.05) is 33.4 Å². The fraction of sp³-hybridized carbons (Fsp3) is 0.364. The highest BCUT2D eigenvalue weighted by Crippen LogP contribution is 2.36. The van der Waals surface area contributed by atoms with Gasteiger partial charge in [-0.3, -0.25) is 18.9 Å². The number of hydrogen-bond acceptors (Lipinski definition) is 5. The third-order valence-corrected chi connectivity index (χ3v) is 5.73. The lowest BCUT2D eigenvalue weighted by Crippen LogP contribution is -2.28. The van der Waals surface area contributed by atoms with Gasteiger partial charge in [-0.15, -0.1) is 0 Å². The smallest absolute Gasteiger partial charge is 0.329 e. The van der Waals surface area contributed by atoms with Crippen molar-refractivity contribution in [1.29, 1.82) is 0 Å². The predicted octanol–water partition coefficient (Wildman–Crippen LogP) is 2.06. The normalized spacial score (nSPS) is 14.0. The van der Waals surface area contributed by atoms with Crippen molar-refractivity contribution in [2.24, 2.45) is 0 Å². The van der Waals surface area contributed by atoms with Crippen molar-refractivity contribution in [2.45, 2.75) is 44.8 Å². The molecule has 1 N–H and O–H groups in total. The number of benzene rings is 1. The van der Waals surface area contributed by atoms with Crippen LogP contribution in [0.15, 0.2) is 52.3 Å². The Morgan fingerprint density at radius 1 is 1.00 bits per heavy atom. The van der Waals surface area contributed by atoms with Gasteiger partial charge in [-0.25, -0.2) is 4.79 Å². The van der Waals surface area contributed by atoms with E-state index in [0.29, 0.717) is 24.2 Å². The summed E-state index contributed by atoms with van der Waals surface area (Å²) in [5.41, 5.74) is 2.02. The maximum atomic E-state index is 13.2. The van der Waals surface area contributed by atoms with E-state index in [4.69, 9.17) is 0 Å². The van der Waals surface area contributed by atoms with Gasteiger partial charge in [-0.1, -0.05) is 12.1 Å². The molecule has 0 saturated heterocycles. The number of aryl methyl sites for hydroxylation is 1. The Bertz CT molecular complexity index is 1350. The van der Waals surface area contributed by atoms with Gasteiger partial charge >= 0.3 is 5.69 Å². The van der Waals surface area contributed by atoms with E-state index >= 15 is 0 Å². The predicted molar refractivity (Wildman–Crippen MR) is 114 cm³/mol. The van der Waals surface area contributed by atoms with Crippen molar-refractivity contribution in [3.8, 4) is 0 Å². The largest absolute Gasteiger partial charge is 0.396 e. The zero-order valence-corrected chi connectivity index (χ0v) is 16.6. The Labute approximate surface area is 172 Å². The van der Waals surface area contributed by atoms with Gasteiger partial charge in [-0.05, 0) is 43.9 Å². The molecule has 3 aromatic heterocycles. The molecule has 0 radical (unpaired) electrons. The fourth-order valence-electron chi connectivity index (χ4n) is 4.13. The number of aliphatic hydroxyl groups is 1. The molecule has 3 heterocycles. The molecule has 4 aromatic rings. The summed E-state index contributed by atoms with van der Waals surface area (Å²) in [6, 6.07) is 9.49. The molecule has 1 saturated carbocycles. The Morgan fingerprint density at radius 3 is 2.63 bits per heavy atom. The molecule has 30 heavy (non-hydrogen) atoms. The van der Waals surface area contributed by atoms with Crippen LogP contribution in [0.2, 0.25) is 0 Å². The molecule has 5 rings (SSSR count). The Morgan fingerprint density at radius 2 is 1.83 bits per heavy atom. The number of nitrogens with zero attached hydrogens (tertiary/aromatic N) is 5. The lowest BCUT2D eigenvalue weighted by atomic mass is 10.2. The number of hydrogen-bond donors (Lipinski definition) is 1. The van der Waals surface area contributed by atoms with Crippen LogP contribution in [-0.2, 0) is 13.1 Å². The summed E-state index contributed by atoms with van der Waals surface area (Å²) in [7, 11) is 0. The monoisotopic (exact) mass is 405 g/mol. The molecular weight excluding hydrogens is 382 g/mol. The van der Waals surface area contributed by atoms with Crippen molar-refractivity contribution in [3.05, 3.63) is 69.4 Å². The first-order valence-corrected chi connectivity index (χ1v) is 10.3. The molecule has 8 nitrogen and oxygen atoms in total. The van der Waals surface area contributed by atoms with Crippen LogP contribution in [0.4, 0.5) is 0 Å². The van der Waals surface area contributed by atoms with Crippen LogP contribution < -0.4 is 11.2 Å². The van der Waals surface area contributed by atoms with Gasteiger partial charge in [0, 0.05) is 25.4 Å². The first-order chi connectivity index (χ1) is 14.7. The molecule has 0 aliphatic heterocycles. The number of para-hydroxylation sites is 1. The standard InChI is InChI=1S/C22H23N5O3/c28-12-4-3-11-25-17-6-2-1-5-16(17)21(29)24-20(25)14-26-19-13-23-10-9-18(19)27(22(26)30)15-7-8-15/h1-2,5-6,9-10,13,15,28H,3-4,7-8,11-12,14H2. The summed E-state index contributed by atoms with van der Waals surface area (Å²) in [4.78, 5) is 34.5. The minimum absolute atomic E-state index is 0.0928. The van der Waals surface area contributed by atoms with E-state index in [1.165, 1.54) is 0 Å². The number of fused-ring (bicyclic) bond motifs is 2. The zero-order valence-electron chi connectivity index (χ0n) is 16.6. The molecule has 1 aliphatic rings. The maximum absolute atomic E-state index is 13.2. The van der Waals surface area contributed by atoms with E-state index in [2.05, 4.69) is 9.97 Å². The Hall–Kier alpha value is -3.26. The first-order valence-electron chi connectivity index (χ1n) is 10.3. The molecule has 0 amide bonds. The van der Waals surface area contributed by atoms with Crippen LogP contribution in [0.1, 0.15) is 37.5 Å². The van der Waals surface area contributed by atoms with Crippen molar-refractivity contribution >= 4 is 21.9 Å². The highest BCUT2D eigenvalue weighted by atomic mass is 16.3.